The van der Waals surface area contributed by atoms with Gasteiger partial charge < -0.3 is 9.47 Å². The third-order valence-corrected chi connectivity index (χ3v) is 4.57. The average molecular weight is 353 g/mol. The van der Waals surface area contributed by atoms with E-state index in [2.05, 4.69) is 59.2 Å². The Labute approximate surface area is 133 Å². The summed E-state index contributed by atoms with van der Waals surface area (Å²) in [5.74, 6) is 0. The summed E-state index contributed by atoms with van der Waals surface area (Å²) < 4.78 is 2.93. The molecule has 7 heteroatoms. The Kier molecular flexibility index (Phi) is 4.51. The summed E-state index contributed by atoms with van der Waals surface area (Å²) in [6, 6.07) is 0.391. The first kappa shape index (κ1) is 14.9. The SMILES string of the molecule is CCC(CN1CCN(C)CC1)n1cnc2ncc(Br)nc21. The predicted octanol–water partition coefficient (Wildman–Crippen LogP) is 1.79. The highest BCUT2D eigenvalue weighted by Crippen LogP contribution is 2.20. The number of imidazole rings is 1. The van der Waals surface area contributed by atoms with E-state index in [1.54, 1.807) is 6.20 Å². The largest absolute Gasteiger partial charge is 0.309 e. The lowest BCUT2D eigenvalue weighted by molar-refractivity contribution is 0.136. The van der Waals surface area contributed by atoms with Gasteiger partial charge in [-0.15, -0.1) is 0 Å². The highest BCUT2D eigenvalue weighted by molar-refractivity contribution is 9.10. The molecule has 1 saturated heterocycles. The number of likely N-dealkylation sites (N-methyl/N-ethyl adjacent to an activating group) is 1. The number of piperazine rings is 1. The fourth-order valence-electron chi connectivity index (χ4n) is 2.80. The van der Waals surface area contributed by atoms with Crippen LogP contribution in [0.25, 0.3) is 11.3 Å². The molecule has 0 spiro atoms. The van der Waals surface area contributed by atoms with Crippen LogP contribution in [0.1, 0.15) is 19.4 Å². The smallest absolute Gasteiger partial charge is 0.197 e. The van der Waals surface area contributed by atoms with Crippen molar-refractivity contribution >= 4 is 27.2 Å². The molecule has 0 aliphatic carbocycles. The van der Waals surface area contributed by atoms with Crippen LogP contribution in [0.3, 0.4) is 0 Å². The second kappa shape index (κ2) is 6.37. The lowest BCUT2D eigenvalue weighted by atomic mass is 10.2. The van der Waals surface area contributed by atoms with Crippen molar-refractivity contribution in [3.63, 3.8) is 0 Å². The number of fused-ring (bicyclic) bond motifs is 1. The van der Waals surface area contributed by atoms with E-state index >= 15 is 0 Å². The van der Waals surface area contributed by atoms with Gasteiger partial charge in [-0.3, -0.25) is 4.90 Å². The summed E-state index contributed by atoms with van der Waals surface area (Å²) >= 11 is 3.40. The second-order valence-corrected chi connectivity index (χ2v) is 6.47. The zero-order chi connectivity index (χ0) is 14.8. The lowest BCUT2D eigenvalue weighted by Crippen LogP contribution is -2.46. The summed E-state index contributed by atoms with van der Waals surface area (Å²) in [7, 11) is 2.19. The maximum Gasteiger partial charge on any atom is 0.197 e. The van der Waals surface area contributed by atoms with Crippen molar-refractivity contribution in [3.05, 3.63) is 17.1 Å². The minimum atomic E-state index is 0.391. The fourth-order valence-corrected chi connectivity index (χ4v) is 3.07. The Morgan fingerprint density at radius 3 is 2.71 bits per heavy atom. The van der Waals surface area contributed by atoms with Gasteiger partial charge in [-0.2, -0.15) is 0 Å². The molecule has 2 aromatic rings. The zero-order valence-electron chi connectivity index (χ0n) is 12.5. The third-order valence-electron chi connectivity index (χ3n) is 4.18. The monoisotopic (exact) mass is 352 g/mol. The third kappa shape index (κ3) is 3.25. The van der Waals surface area contributed by atoms with Gasteiger partial charge in [0, 0.05) is 38.8 Å². The van der Waals surface area contributed by atoms with Crippen molar-refractivity contribution in [1.82, 2.24) is 29.3 Å². The topological polar surface area (TPSA) is 50.1 Å². The summed E-state index contributed by atoms with van der Waals surface area (Å²) in [5, 5.41) is 0. The van der Waals surface area contributed by atoms with Gasteiger partial charge in [0.25, 0.3) is 0 Å². The molecule has 0 saturated carbocycles. The van der Waals surface area contributed by atoms with Crippen LogP contribution in [0.15, 0.2) is 17.1 Å². The van der Waals surface area contributed by atoms with Crippen LogP contribution in [-0.4, -0.2) is 69.1 Å². The van der Waals surface area contributed by atoms with Crippen LogP contribution in [0.4, 0.5) is 0 Å². The number of rotatable bonds is 4. The van der Waals surface area contributed by atoms with Gasteiger partial charge in [0.2, 0.25) is 0 Å². The van der Waals surface area contributed by atoms with Crippen molar-refractivity contribution in [2.75, 3.05) is 39.8 Å². The Hall–Kier alpha value is -1.05. The van der Waals surface area contributed by atoms with E-state index in [1.807, 2.05) is 6.33 Å². The molecule has 1 unspecified atom stereocenters. The van der Waals surface area contributed by atoms with Crippen LogP contribution in [-0.2, 0) is 0 Å². The molecule has 3 heterocycles. The number of halogens is 1. The highest BCUT2D eigenvalue weighted by Gasteiger charge is 2.20. The van der Waals surface area contributed by atoms with Crippen LogP contribution in [0, 0.1) is 0 Å². The Morgan fingerprint density at radius 2 is 2.00 bits per heavy atom. The van der Waals surface area contributed by atoms with E-state index in [1.165, 1.54) is 0 Å². The van der Waals surface area contributed by atoms with Crippen LogP contribution >= 0.6 is 15.9 Å². The van der Waals surface area contributed by atoms with Gasteiger partial charge in [-0.05, 0) is 29.4 Å². The molecule has 1 aliphatic heterocycles. The van der Waals surface area contributed by atoms with E-state index in [9.17, 15) is 0 Å². The maximum absolute atomic E-state index is 4.54. The van der Waals surface area contributed by atoms with Gasteiger partial charge in [-0.1, -0.05) is 6.92 Å². The van der Waals surface area contributed by atoms with E-state index in [-0.39, 0.29) is 0 Å². The molecule has 3 rings (SSSR count). The highest BCUT2D eigenvalue weighted by atomic mass is 79.9. The molecule has 2 aromatic heterocycles. The van der Waals surface area contributed by atoms with Gasteiger partial charge >= 0.3 is 0 Å². The van der Waals surface area contributed by atoms with Crippen molar-refractivity contribution in [2.45, 2.75) is 19.4 Å². The number of nitrogens with zero attached hydrogens (tertiary/aromatic N) is 6. The molecule has 0 amide bonds. The fraction of sp³-hybridized carbons (Fsp3) is 0.643. The Morgan fingerprint density at radius 1 is 1.24 bits per heavy atom. The molecule has 1 fully saturated rings. The van der Waals surface area contributed by atoms with E-state index in [0.29, 0.717) is 6.04 Å². The molecular weight excluding hydrogens is 332 g/mol. The molecule has 1 atom stereocenters. The zero-order valence-corrected chi connectivity index (χ0v) is 14.1. The summed E-state index contributed by atoms with van der Waals surface area (Å²) in [5.41, 5.74) is 1.58. The van der Waals surface area contributed by atoms with Crippen LogP contribution < -0.4 is 0 Å². The molecule has 0 aromatic carbocycles. The van der Waals surface area contributed by atoms with Crippen molar-refractivity contribution < 1.29 is 0 Å². The number of hydrogen-bond donors (Lipinski definition) is 0. The molecular formula is C14H21BrN6. The van der Waals surface area contributed by atoms with Gasteiger partial charge in [0.1, 0.15) is 4.60 Å². The molecule has 21 heavy (non-hydrogen) atoms. The first-order valence-corrected chi connectivity index (χ1v) is 8.22. The average Bonchev–Trinajstić information content (AvgIpc) is 2.89. The molecule has 114 valence electrons. The van der Waals surface area contributed by atoms with Crippen molar-refractivity contribution in [2.24, 2.45) is 0 Å². The Bertz CT molecular complexity index is 605. The number of aromatic nitrogens is 4. The standard InChI is InChI=1S/C14H21BrN6/c1-3-11(9-20-6-4-19(2)5-7-20)21-10-17-13-14(21)18-12(15)8-16-13/h8,10-11H,3-7,9H2,1-2H3. The molecule has 6 nitrogen and oxygen atoms in total. The first-order chi connectivity index (χ1) is 10.2. The van der Waals surface area contributed by atoms with Crippen LogP contribution in [0.5, 0.6) is 0 Å². The lowest BCUT2D eigenvalue weighted by Gasteiger charge is -2.34. The summed E-state index contributed by atoms with van der Waals surface area (Å²) in [6.07, 6.45) is 4.63. The van der Waals surface area contributed by atoms with Crippen molar-refractivity contribution in [1.29, 1.82) is 0 Å². The molecule has 0 radical (unpaired) electrons. The van der Waals surface area contributed by atoms with Gasteiger partial charge in [0.15, 0.2) is 11.3 Å². The first-order valence-electron chi connectivity index (χ1n) is 7.43. The van der Waals surface area contributed by atoms with Gasteiger partial charge in [-0.25, -0.2) is 15.0 Å². The predicted molar refractivity (Wildman–Crippen MR) is 86.3 cm³/mol. The van der Waals surface area contributed by atoms with Crippen LogP contribution in [0.2, 0.25) is 0 Å². The summed E-state index contributed by atoms with van der Waals surface area (Å²) in [6.45, 7) is 7.82. The van der Waals surface area contributed by atoms with E-state index in [0.717, 1.165) is 55.0 Å². The van der Waals surface area contributed by atoms with Gasteiger partial charge in [0.05, 0.1) is 12.5 Å². The molecule has 0 N–H and O–H groups in total. The number of hydrogen-bond acceptors (Lipinski definition) is 5. The quantitative estimate of drug-likeness (QED) is 0.839. The minimum absolute atomic E-state index is 0.391. The Balaban J connectivity index is 1.80. The maximum atomic E-state index is 4.54. The van der Waals surface area contributed by atoms with E-state index in [4.69, 9.17) is 0 Å². The minimum Gasteiger partial charge on any atom is -0.309 e. The molecule has 1 aliphatic rings. The summed E-state index contributed by atoms with van der Waals surface area (Å²) in [4.78, 5) is 18.1. The normalized spacial score (nSPS) is 19.2. The van der Waals surface area contributed by atoms with Crippen molar-refractivity contribution in [3.8, 4) is 0 Å². The second-order valence-electron chi connectivity index (χ2n) is 5.66. The molecule has 0 bridgehead atoms. The van der Waals surface area contributed by atoms with E-state index < -0.39 is 0 Å².